The quantitative estimate of drug-likeness (QED) is 0.165. The molecule has 0 bridgehead atoms. The summed E-state index contributed by atoms with van der Waals surface area (Å²) < 4.78 is 32.3. The molecule has 42 heavy (non-hydrogen) atoms. The molecule has 236 valence electrons. The van der Waals surface area contributed by atoms with Crippen LogP contribution >= 0.6 is 0 Å². The fourth-order valence-corrected chi connectivity index (χ4v) is 7.24. The highest BCUT2D eigenvalue weighted by atomic mass is 32.2. The number of fused-ring (bicyclic) bond motifs is 1. The predicted molar refractivity (Wildman–Crippen MR) is 165 cm³/mol. The molecule has 0 saturated carbocycles. The molecule has 1 aromatic carbocycles. The van der Waals surface area contributed by atoms with Crippen molar-refractivity contribution < 1.29 is 27.5 Å². The molecule has 1 N–H and O–H groups in total. The zero-order valence-electron chi connectivity index (χ0n) is 25.9. The Hall–Kier alpha value is -2.46. The van der Waals surface area contributed by atoms with E-state index in [-0.39, 0.29) is 23.6 Å². The summed E-state index contributed by atoms with van der Waals surface area (Å²) in [7, 11) is -3.25. The maximum Gasteiger partial charge on any atom is 0.407 e. The van der Waals surface area contributed by atoms with Crippen molar-refractivity contribution in [2.75, 3.05) is 25.4 Å². The number of nitrogens with zero attached hydrogens (tertiary/aromatic N) is 2. The Morgan fingerprint density at radius 1 is 0.810 bits per heavy atom. The number of nitrogens with one attached hydrogen (secondary N) is 1. The van der Waals surface area contributed by atoms with Gasteiger partial charge in [-0.25, -0.2) is 17.5 Å². The third kappa shape index (κ3) is 11.0. The number of carbonyl (C=O) groups is 3. The number of piperidine rings is 1. The molecule has 0 spiro atoms. The van der Waals surface area contributed by atoms with Crippen LogP contribution in [-0.2, 0) is 14.8 Å². The van der Waals surface area contributed by atoms with Gasteiger partial charge in [-0.15, -0.1) is 0 Å². The smallest absolute Gasteiger partial charge is 0.407 e. The number of hydrogen-bond donors (Lipinski definition) is 1. The van der Waals surface area contributed by atoms with E-state index in [1.165, 1.54) is 37.0 Å². The van der Waals surface area contributed by atoms with Gasteiger partial charge in [-0.3, -0.25) is 14.5 Å². The number of unbranched alkanes of at least 4 members (excludes halogenated alkanes) is 11. The largest absolute Gasteiger partial charge is 0.444 e. The van der Waals surface area contributed by atoms with Gasteiger partial charge in [0.05, 0.1) is 16.9 Å². The molecule has 0 unspecified atom stereocenters. The molecule has 2 aliphatic rings. The fourth-order valence-electron chi connectivity index (χ4n) is 5.65. The summed E-state index contributed by atoms with van der Waals surface area (Å²) in [4.78, 5) is 38.1. The van der Waals surface area contributed by atoms with Gasteiger partial charge in [0.1, 0.15) is 5.60 Å². The molecule has 9 nitrogen and oxygen atoms in total. The summed E-state index contributed by atoms with van der Waals surface area (Å²) in [5.74, 6) is -0.128. The van der Waals surface area contributed by atoms with Gasteiger partial charge in [0, 0.05) is 25.7 Å². The first-order chi connectivity index (χ1) is 20.0. The molecule has 1 aromatic rings. The molecule has 2 aliphatic heterocycles. The molecule has 10 heteroatoms. The molecule has 3 rings (SSSR count). The van der Waals surface area contributed by atoms with Crippen LogP contribution in [0.4, 0.5) is 4.79 Å². The van der Waals surface area contributed by atoms with Gasteiger partial charge in [0.25, 0.3) is 11.8 Å². The average Bonchev–Trinajstić information content (AvgIpc) is 3.17. The van der Waals surface area contributed by atoms with Gasteiger partial charge >= 0.3 is 6.09 Å². The Kier molecular flexibility index (Phi) is 13.3. The summed E-state index contributed by atoms with van der Waals surface area (Å²) in [5.41, 5.74) is 0.498. The van der Waals surface area contributed by atoms with Crippen molar-refractivity contribution in [1.29, 1.82) is 0 Å². The van der Waals surface area contributed by atoms with Gasteiger partial charge in [-0.05, 0) is 58.6 Å². The van der Waals surface area contributed by atoms with Gasteiger partial charge < -0.3 is 10.1 Å². The number of ether oxygens (including phenoxy) is 1. The standard InChI is InChI=1S/C32H51N3O6S/c1-32(2,3)41-31(38)33-26-20-23-34(24-21-26)42(39,40)25-17-13-11-9-7-5-4-6-8-10-12-16-22-35-29(36)27-18-14-15-19-28(27)30(35)37/h14-15,18-19,26H,4-13,16-17,20-25H2,1-3H3,(H,33,38). The fraction of sp³-hybridized carbons (Fsp3) is 0.719. The summed E-state index contributed by atoms with van der Waals surface area (Å²) in [5, 5.41) is 2.85. The first kappa shape index (κ1) is 34.0. The Morgan fingerprint density at radius 3 is 1.74 bits per heavy atom. The van der Waals surface area contributed by atoms with Crippen LogP contribution in [0.15, 0.2) is 24.3 Å². The molecule has 0 aromatic heterocycles. The van der Waals surface area contributed by atoms with Gasteiger partial charge in [-0.1, -0.05) is 76.3 Å². The highest BCUT2D eigenvalue weighted by Crippen LogP contribution is 2.23. The van der Waals surface area contributed by atoms with Crippen LogP contribution in [0.1, 0.15) is 131 Å². The number of hydrogen-bond acceptors (Lipinski definition) is 6. The molecule has 1 saturated heterocycles. The topological polar surface area (TPSA) is 113 Å². The van der Waals surface area contributed by atoms with E-state index in [1.54, 1.807) is 28.6 Å². The molecule has 1 fully saturated rings. The van der Waals surface area contributed by atoms with Crippen molar-refractivity contribution >= 4 is 27.9 Å². The third-order valence-electron chi connectivity index (χ3n) is 7.98. The Balaban J connectivity index is 1.12. The highest BCUT2D eigenvalue weighted by molar-refractivity contribution is 7.89. The van der Waals surface area contributed by atoms with Crippen LogP contribution in [0.5, 0.6) is 0 Å². The van der Waals surface area contributed by atoms with Crippen LogP contribution < -0.4 is 5.32 Å². The van der Waals surface area contributed by atoms with E-state index < -0.39 is 21.7 Å². The van der Waals surface area contributed by atoms with E-state index >= 15 is 0 Å². The average molecular weight is 606 g/mol. The number of carbonyl (C=O) groups excluding carboxylic acids is 3. The number of amides is 3. The van der Waals surface area contributed by atoms with Crippen molar-refractivity contribution in [3.63, 3.8) is 0 Å². The maximum absolute atomic E-state index is 12.7. The molecule has 2 heterocycles. The van der Waals surface area contributed by atoms with Gasteiger partial charge in [0.15, 0.2) is 0 Å². The Labute approximate surface area is 252 Å². The zero-order chi connectivity index (χ0) is 30.6. The minimum atomic E-state index is -3.25. The van der Waals surface area contributed by atoms with E-state index in [0.717, 1.165) is 38.5 Å². The van der Waals surface area contributed by atoms with Crippen molar-refractivity contribution in [2.45, 2.75) is 122 Å². The second kappa shape index (κ2) is 16.4. The zero-order valence-corrected chi connectivity index (χ0v) is 26.7. The maximum atomic E-state index is 12.7. The van der Waals surface area contributed by atoms with E-state index in [9.17, 15) is 22.8 Å². The Morgan fingerprint density at radius 2 is 1.26 bits per heavy atom. The number of benzene rings is 1. The van der Waals surface area contributed by atoms with Gasteiger partial charge in [-0.2, -0.15) is 0 Å². The van der Waals surface area contributed by atoms with Crippen molar-refractivity contribution in [1.82, 2.24) is 14.5 Å². The molecule has 0 aliphatic carbocycles. The van der Waals surface area contributed by atoms with Gasteiger partial charge in [0.2, 0.25) is 10.0 Å². The van der Waals surface area contributed by atoms with Crippen molar-refractivity contribution in [3.05, 3.63) is 35.4 Å². The monoisotopic (exact) mass is 605 g/mol. The second-order valence-corrected chi connectivity index (χ2v) is 14.8. The second-order valence-electron chi connectivity index (χ2n) is 12.7. The van der Waals surface area contributed by atoms with Crippen LogP contribution in [-0.4, -0.2) is 72.6 Å². The van der Waals surface area contributed by atoms with E-state index in [2.05, 4.69) is 5.32 Å². The lowest BCUT2D eigenvalue weighted by Gasteiger charge is -2.32. The minimum absolute atomic E-state index is 0.0518. The number of imide groups is 1. The van der Waals surface area contributed by atoms with Crippen LogP contribution in [0.2, 0.25) is 0 Å². The summed E-state index contributed by atoms with van der Waals surface area (Å²) in [6.45, 7) is 6.84. The molecule has 3 amide bonds. The first-order valence-electron chi connectivity index (χ1n) is 15.9. The van der Waals surface area contributed by atoms with Crippen LogP contribution in [0.25, 0.3) is 0 Å². The lowest BCUT2D eigenvalue weighted by atomic mass is 10.1. The number of sulfonamides is 1. The Bertz CT molecular complexity index is 1100. The molecule has 0 radical (unpaired) electrons. The van der Waals surface area contributed by atoms with Crippen LogP contribution in [0.3, 0.4) is 0 Å². The third-order valence-corrected chi connectivity index (χ3v) is 9.94. The summed E-state index contributed by atoms with van der Waals surface area (Å²) >= 11 is 0. The normalized spacial score (nSPS) is 16.6. The number of rotatable bonds is 17. The lowest BCUT2D eigenvalue weighted by molar-refractivity contribution is 0.0488. The predicted octanol–water partition coefficient (Wildman–Crippen LogP) is 6.28. The lowest BCUT2D eigenvalue weighted by Crippen LogP contribution is -2.48. The van der Waals surface area contributed by atoms with Crippen LogP contribution in [0, 0.1) is 0 Å². The SMILES string of the molecule is CC(C)(C)OC(=O)NC1CCN(S(=O)(=O)CCCCCCCCCCCCCCN2C(=O)c3ccccc3C2=O)CC1. The first-order valence-corrected chi connectivity index (χ1v) is 17.5. The van der Waals surface area contributed by atoms with Crippen molar-refractivity contribution in [2.24, 2.45) is 0 Å². The number of alkyl carbamates (subject to hydrolysis) is 1. The molecule has 0 atom stereocenters. The van der Waals surface area contributed by atoms with E-state index in [0.29, 0.717) is 50.0 Å². The molecular formula is C32H51N3O6S. The minimum Gasteiger partial charge on any atom is -0.444 e. The highest BCUT2D eigenvalue weighted by Gasteiger charge is 2.34. The summed E-state index contributed by atoms with van der Waals surface area (Å²) in [6, 6.07) is 6.99. The van der Waals surface area contributed by atoms with Crippen molar-refractivity contribution in [3.8, 4) is 0 Å². The molecular weight excluding hydrogens is 554 g/mol. The van der Waals surface area contributed by atoms with E-state index in [1.807, 2.05) is 20.8 Å². The summed E-state index contributed by atoms with van der Waals surface area (Å²) in [6.07, 6.45) is 13.6. The van der Waals surface area contributed by atoms with E-state index in [4.69, 9.17) is 4.74 Å².